The molecule has 0 atom stereocenters. The van der Waals surface area contributed by atoms with Gasteiger partial charge < -0.3 is 10.2 Å². The Labute approximate surface area is 165 Å². The van der Waals surface area contributed by atoms with Crippen LogP contribution < -0.4 is 5.32 Å². The Bertz CT molecular complexity index is 780. The number of nitrogens with zero attached hydrogens (tertiary/aromatic N) is 2. The lowest BCUT2D eigenvalue weighted by molar-refractivity contribution is -0.132. The number of hydrogen-bond acceptors (Lipinski definition) is 3. The minimum Gasteiger partial charge on any atom is -0.347 e. The summed E-state index contributed by atoms with van der Waals surface area (Å²) in [7, 11) is 0. The summed E-state index contributed by atoms with van der Waals surface area (Å²) >= 11 is 0. The molecule has 1 heterocycles. The highest BCUT2D eigenvalue weighted by molar-refractivity contribution is 5.85. The summed E-state index contributed by atoms with van der Waals surface area (Å²) in [6.07, 6.45) is 1.16. The third-order valence-corrected chi connectivity index (χ3v) is 4.90. The van der Waals surface area contributed by atoms with Gasteiger partial charge >= 0.3 is 0 Å². The molecule has 0 spiro atoms. The Kier molecular flexibility index (Phi) is 7.14. The number of carbonyl (C=O) groups is 2. The molecule has 148 valence electrons. The molecular weight excluding hydrogens is 357 g/mol. The van der Waals surface area contributed by atoms with Crippen LogP contribution in [0.2, 0.25) is 0 Å². The predicted molar refractivity (Wildman–Crippen MR) is 106 cm³/mol. The molecular formula is C22H26FN3O2. The second kappa shape index (κ2) is 9.99. The fourth-order valence-electron chi connectivity index (χ4n) is 3.36. The first-order valence-corrected chi connectivity index (χ1v) is 9.65. The van der Waals surface area contributed by atoms with Gasteiger partial charge in [-0.25, -0.2) is 4.39 Å². The number of rotatable bonds is 6. The molecule has 0 aliphatic carbocycles. The van der Waals surface area contributed by atoms with E-state index >= 15 is 0 Å². The topological polar surface area (TPSA) is 52.7 Å². The molecule has 0 saturated carbocycles. The third-order valence-electron chi connectivity index (χ3n) is 4.90. The standard InChI is InChI=1S/C22H26FN3O2/c23-20-9-7-19(8-10-20)17-25-11-4-12-26(14-13-25)22(28)16-24-21(27)15-18-5-2-1-3-6-18/h1-3,5-10H,4,11-17H2,(H,24,27). The van der Waals surface area contributed by atoms with Crippen LogP contribution in [0.15, 0.2) is 54.6 Å². The average molecular weight is 383 g/mol. The molecule has 1 saturated heterocycles. The second-order valence-corrected chi connectivity index (χ2v) is 7.08. The van der Waals surface area contributed by atoms with Crippen molar-refractivity contribution in [2.24, 2.45) is 0 Å². The SMILES string of the molecule is O=C(Cc1ccccc1)NCC(=O)N1CCCN(Cc2ccc(F)cc2)CC1. The van der Waals surface area contributed by atoms with E-state index in [4.69, 9.17) is 0 Å². The molecule has 6 heteroatoms. The van der Waals surface area contributed by atoms with Gasteiger partial charge in [0.15, 0.2) is 0 Å². The van der Waals surface area contributed by atoms with E-state index in [1.54, 1.807) is 12.1 Å². The van der Waals surface area contributed by atoms with Gasteiger partial charge in [-0.2, -0.15) is 0 Å². The fourth-order valence-corrected chi connectivity index (χ4v) is 3.36. The lowest BCUT2D eigenvalue weighted by atomic mass is 10.1. The van der Waals surface area contributed by atoms with Crippen LogP contribution in [0.3, 0.4) is 0 Å². The molecule has 0 bridgehead atoms. The molecule has 0 aromatic heterocycles. The van der Waals surface area contributed by atoms with Gasteiger partial charge in [0.25, 0.3) is 0 Å². The van der Waals surface area contributed by atoms with Gasteiger partial charge in [-0.1, -0.05) is 42.5 Å². The Morgan fingerprint density at radius 1 is 0.893 bits per heavy atom. The molecule has 0 unspecified atom stereocenters. The van der Waals surface area contributed by atoms with Crippen LogP contribution in [0, 0.1) is 5.82 Å². The molecule has 2 amide bonds. The zero-order valence-electron chi connectivity index (χ0n) is 15.9. The van der Waals surface area contributed by atoms with Gasteiger partial charge in [0.05, 0.1) is 13.0 Å². The Morgan fingerprint density at radius 3 is 2.39 bits per heavy atom. The maximum absolute atomic E-state index is 13.0. The van der Waals surface area contributed by atoms with Gasteiger partial charge in [-0.3, -0.25) is 14.5 Å². The maximum atomic E-state index is 13.0. The third kappa shape index (κ3) is 6.16. The summed E-state index contributed by atoms with van der Waals surface area (Å²) in [6, 6.07) is 16.0. The van der Waals surface area contributed by atoms with Crippen LogP contribution >= 0.6 is 0 Å². The number of halogens is 1. The van der Waals surface area contributed by atoms with E-state index in [1.165, 1.54) is 12.1 Å². The van der Waals surface area contributed by atoms with E-state index in [2.05, 4.69) is 10.2 Å². The highest BCUT2D eigenvalue weighted by Gasteiger charge is 2.19. The highest BCUT2D eigenvalue weighted by atomic mass is 19.1. The van der Waals surface area contributed by atoms with Crippen LogP contribution in [-0.2, 0) is 22.6 Å². The lowest BCUT2D eigenvalue weighted by Gasteiger charge is -2.22. The summed E-state index contributed by atoms with van der Waals surface area (Å²) in [5.41, 5.74) is 1.99. The van der Waals surface area contributed by atoms with Crippen molar-refractivity contribution in [2.45, 2.75) is 19.4 Å². The Hall–Kier alpha value is -2.73. The molecule has 1 aliphatic rings. The van der Waals surface area contributed by atoms with Crippen molar-refractivity contribution in [3.05, 3.63) is 71.5 Å². The average Bonchev–Trinajstić information content (AvgIpc) is 2.94. The number of benzene rings is 2. The predicted octanol–water partition coefficient (Wildman–Crippen LogP) is 2.22. The Balaban J connectivity index is 1.42. The van der Waals surface area contributed by atoms with Crippen LogP contribution in [0.25, 0.3) is 0 Å². The molecule has 0 radical (unpaired) electrons. The number of carbonyl (C=O) groups excluding carboxylic acids is 2. The van der Waals surface area contributed by atoms with Crippen LogP contribution in [0.5, 0.6) is 0 Å². The molecule has 28 heavy (non-hydrogen) atoms. The van der Waals surface area contributed by atoms with E-state index < -0.39 is 0 Å². The van der Waals surface area contributed by atoms with Gasteiger partial charge in [0, 0.05) is 32.7 Å². The van der Waals surface area contributed by atoms with E-state index in [0.29, 0.717) is 13.1 Å². The summed E-state index contributed by atoms with van der Waals surface area (Å²) < 4.78 is 13.0. The van der Waals surface area contributed by atoms with E-state index in [9.17, 15) is 14.0 Å². The van der Waals surface area contributed by atoms with Crippen molar-refractivity contribution in [3.63, 3.8) is 0 Å². The van der Waals surface area contributed by atoms with Crippen LogP contribution in [-0.4, -0.2) is 54.3 Å². The van der Waals surface area contributed by atoms with Crippen LogP contribution in [0.4, 0.5) is 4.39 Å². The first-order chi connectivity index (χ1) is 13.6. The van der Waals surface area contributed by atoms with Gasteiger partial charge in [-0.05, 0) is 29.7 Å². The van der Waals surface area contributed by atoms with Crippen molar-refractivity contribution < 1.29 is 14.0 Å². The van der Waals surface area contributed by atoms with E-state index in [1.807, 2.05) is 35.2 Å². The molecule has 1 fully saturated rings. The van der Waals surface area contributed by atoms with E-state index in [0.717, 1.165) is 37.2 Å². The summed E-state index contributed by atoms with van der Waals surface area (Å²) in [4.78, 5) is 28.6. The maximum Gasteiger partial charge on any atom is 0.242 e. The molecule has 5 nitrogen and oxygen atoms in total. The number of amides is 2. The van der Waals surface area contributed by atoms with Crippen LogP contribution in [0.1, 0.15) is 17.5 Å². The van der Waals surface area contributed by atoms with E-state index in [-0.39, 0.29) is 30.6 Å². The minimum absolute atomic E-state index is 0.0314. The van der Waals surface area contributed by atoms with Crippen molar-refractivity contribution in [3.8, 4) is 0 Å². The molecule has 3 rings (SSSR count). The summed E-state index contributed by atoms with van der Waals surface area (Å²) in [5.74, 6) is -0.428. The molecule has 1 N–H and O–H groups in total. The summed E-state index contributed by atoms with van der Waals surface area (Å²) in [6.45, 7) is 3.75. The number of hydrogen-bond donors (Lipinski definition) is 1. The minimum atomic E-state index is -0.231. The second-order valence-electron chi connectivity index (χ2n) is 7.08. The monoisotopic (exact) mass is 383 g/mol. The normalized spacial score (nSPS) is 15.1. The van der Waals surface area contributed by atoms with Crippen molar-refractivity contribution in [1.29, 1.82) is 0 Å². The lowest BCUT2D eigenvalue weighted by Crippen LogP contribution is -2.42. The molecule has 2 aromatic carbocycles. The smallest absolute Gasteiger partial charge is 0.242 e. The van der Waals surface area contributed by atoms with Crippen molar-refractivity contribution >= 4 is 11.8 Å². The zero-order chi connectivity index (χ0) is 19.8. The number of nitrogens with one attached hydrogen (secondary N) is 1. The van der Waals surface area contributed by atoms with Gasteiger partial charge in [0.1, 0.15) is 5.82 Å². The molecule has 2 aromatic rings. The largest absolute Gasteiger partial charge is 0.347 e. The summed E-state index contributed by atoms with van der Waals surface area (Å²) in [5, 5.41) is 2.73. The molecule has 1 aliphatic heterocycles. The van der Waals surface area contributed by atoms with Crippen molar-refractivity contribution in [1.82, 2.24) is 15.1 Å². The highest BCUT2D eigenvalue weighted by Crippen LogP contribution is 2.10. The van der Waals surface area contributed by atoms with Crippen molar-refractivity contribution in [2.75, 3.05) is 32.7 Å². The fraction of sp³-hybridized carbons (Fsp3) is 0.364. The zero-order valence-corrected chi connectivity index (χ0v) is 15.9. The van der Waals surface area contributed by atoms with Gasteiger partial charge in [-0.15, -0.1) is 0 Å². The first-order valence-electron chi connectivity index (χ1n) is 9.65. The first kappa shape index (κ1) is 20.0. The van der Waals surface area contributed by atoms with Gasteiger partial charge in [0.2, 0.25) is 11.8 Å². The quantitative estimate of drug-likeness (QED) is 0.832. The Morgan fingerprint density at radius 2 is 1.64 bits per heavy atom.